The highest BCUT2D eigenvalue weighted by Crippen LogP contribution is 2.25. The minimum atomic E-state index is -0.483. The fourth-order valence-electron chi connectivity index (χ4n) is 3.88. The van der Waals surface area contributed by atoms with Crippen molar-refractivity contribution in [2.75, 3.05) is 7.05 Å². The molecule has 0 aliphatic heterocycles. The van der Waals surface area contributed by atoms with Crippen LogP contribution in [0.15, 0.2) is 83.7 Å². The minimum absolute atomic E-state index is 0.265. The summed E-state index contributed by atoms with van der Waals surface area (Å²) in [7, 11) is 1.69. The Kier molecular flexibility index (Phi) is 6.49. The Bertz CT molecular complexity index is 1320. The predicted octanol–water partition coefficient (Wildman–Crippen LogP) is 4.82. The molecule has 1 heterocycles. The van der Waals surface area contributed by atoms with Gasteiger partial charge in [0.15, 0.2) is 0 Å². The van der Waals surface area contributed by atoms with Gasteiger partial charge in [0.2, 0.25) is 0 Å². The van der Waals surface area contributed by atoms with Crippen molar-refractivity contribution in [2.24, 2.45) is 0 Å². The van der Waals surface area contributed by atoms with Gasteiger partial charge in [0, 0.05) is 13.6 Å². The van der Waals surface area contributed by atoms with E-state index in [9.17, 15) is 14.0 Å². The highest BCUT2D eigenvalue weighted by atomic mass is 19.1. The Hall–Kier alpha value is -4.00. The van der Waals surface area contributed by atoms with E-state index in [1.54, 1.807) is 42.3 Å². The number of carbonyl (C=O) groups excluding carboxylic acids is 1. The maximum Gasteiger partial charge on any atom is 0.318 e. The molecule has 1 unspecified atom stereocenters. The first-order chi connectivity index (χ1) is 16.0. The molecular formula is C26H25FN4O2. The van der Waals surface area contributed by atoms with Gasteiger partial charge in [-0.25, -0.2) is 14.2 Å². The Morgan fingerprint density at radius 2 is 1.70 bits per heavy atom. The van der Waals surface area contributed by atoms with Crippen LogP contribution in [0.1, 0.15) is 30.8 Å². The average molecular weight is 445 g/mol. The van der Waals surface area contributed by atoms with Crippen LogP contribution in [0.25, 0.3) is 16.6 Å². The van der Waals surface area contributed by atoms with E-state index in [1.165, 1.54) is 16.7 Å². The number of amides is 2. The van der Waals surface area contributed by atoms with Gasteiger partial charge in [0.25, 0.3) is 5.56 Å². The van der Waals surface area contributed by atoms with E-state index in [4.69, 9.17) is 4.98 Å². The Morgan fingerprint density at radius 1 is 1.03 bits per heavy atom. The van der Waals surface area contributed by atoms with Crippen molar-refractivity contribution in [1.29, 1.82) is 0 Å². The summed E-state index contributed by atoms with van der Waals surface area (Å²) in [5, 5.41) is 3.38. The smallest absolute Gasteiger partial charge is 0.318 e. The lowest BCUT2D eigenvalue weighted by atomic mass is 10.1. The number of halogens is 1. The van der Waals surface area contributed by atoms with Crippen molar-refractivity contribution >= 4 is 16.9 Å². The monoisotopic (exact) mass is 444 g/mol. The number of benzene rings is 3. The number of nitrogens with one attached hydrogen (secondary N) is 1. The number of aromatic nitrogens is 2. The van der Waals surface area contributed by atoms with E-state index in [0.717, 1.165) is 5.56 Å². The van der Waals surface area contributed by atoms with E-state index in [0.29, 0.717) is 35.4 Å². The van der Waals surface area contributed by atoms with Gasteiger partial charge in [-0.15, -0.1) is 0 Å². The van der Waals surface area contributed by atoms with Crippen molar-refractivity contribution in [3.05, 3.63) is 106 Å². The normalized spacial score (nSPS) is 11.8. The summed E-state index contributed by atoms with van der Waals surface area (Å²) in [5.41, 5.74) is 1.76. The summed E-state index contributed by atoms with van der Waals surface area (Å²) in [6, 6.07) is 21.6. The number of hydrogen-bond acceptors (Lipinski definition) is 3. The summed E-state index contributed by atoms with van der Waals surface area (Å²) in [6.07, 6.45) is 0.529. The van der Waals surface area contributed by atoms with Crippen LogP contribution in [0.2, 0.25) is 0 Å². The maximum absolute atomic E-state index is 13.6. The van der Waals surface area contributed by atoms with Crippen LogP contribution in [0.4, 0.5) is 9.18 Å². The molecule has 0 aliphatic carbocycles. The fourth-order valence-corrected chi connectivity index (χ4v) is 3.88. The quantitative estimate of drug-likeness (QED) is 0.464. The van der Waals surface area contributed by atoms with Gasteiger partial charge >= 0.3 is 6.03 Å². The molecule has 0 fully saturated rings. The molecule has 33 heavy (non-hydrogen) atoms. The number of nitrogens with zero attached hydrogens (tertiary/aromatic N) is 3. The predicted molar refractivity (Wildman–Crippen MR) is 127 cm³/mol. The maximum atomic E-state index is 13.6. The highest BCUT2D eigenvalue weighted by Gasteiger charge is 2.26. The van der Waals surface area contributed by atoms with Crippen LogP contribution in [-0.2, 0) is 6.54 Å². The molecule has 4 aromatic rings. The van der Waals surface area contributed by atoms with Gasteiger partial charge in [-0.3, -0.25) is 9.36 Å². The van der Waals surface area contributed by atoms with Crippen LogP contribution in [0.3, 0.4) is 0 Å². The summed E-state index contributed by atoms with van der Waals surface area (Å²) in [6.45, 7) is 2.32. The van der Waals surface area contributed by atoms with Crippen molar-refractivity contribution in [2.45, 2.75) is 25.9 Å². The van der Waals surface area contributed by atoms with Crippen LogP contribution in [0.5, 0.6) is 0 Å². The summed E-state index contributed by atoms with van der Waals surface area (Å²) < 4.78 is 15.0. The largest absolute Gasteiger partial charge is 0.334 e. The first kappa shape index (κ1) is 22.2. The third-order valence-corrected chi connectivity index (χ3v) is 5.65. The molecular weight excluding hydrogens is 419 g/mol. The second-order valence-corrected chi connectivity index (χ2v) is 7.78. The summed E-state index contributed by atoms with van der Waals surface area (Å²) >= 11 is 0. The molecule has 7 heteroatoms. The van der Waals surface area contributed by atoms with Crippen molar-refractivity contribution in [3.63, 3.8) is 0 Å². The fraction of sp³-hybridized carbons (Fsp3) is 0.192. The lowest BCUT2D eigenvalue weighted by molar-refractivity contribution is 0.185. The zero-order valence-electron chi connectivity index (χ0n) is 18.5. The van der Waals surface area contributed by atoms with Crippen molar-refractivity contribution in [3.8, 4) is 5.69 Å². The third kappa shape index (κ3) is 4.62. The zero-order valence-corrected chi connectivity index (χ0v) is 18.5. The molecule has 0 saturated heterocycles. The first-order valence-electron chi connectivity index (χ1n) is 10.8. The number of fused-ring (bicyclic) bond motifs is 1. The topological polar surface area (TPSA) is 67.2 Å². The molecule has 2 amide bonds. The van der Waals surface area contributed by atoms with E-state index in [1.807, 2.05) is 43.3 Å². The lowest BCUT2D eigenvalue weighted by Gasteiger charge is -2.29. The SMILES string of the molecule is CCC(c1nc2ccccc2c(=O)n1-c1ccc(F)cc1)N(C)C(=O)NCc1ccccc1. The van der Waals surface area contributed by atoms with Gasteiger partial charge in [0.05, 0.1) is 22.6 Å². The average Bonchev–Trinajstić information content (AvgIpc) is 2.84. The lowest BCUT2D eigenvalue weighted by Crippen LogP contribution is -2.41. The molecule has 6 nitrogen and oxygen atoms in total. The molecule has 0 radical (unpaired) electrons. The second kappa shape index (κ2) is 9.65. The van der Waals surface area contributed by atoms with Gasteiger partial charge < -0.3 is 10.2 Å². The second-order valence-electron chi connectivity index (χ2n) is 7.78. The molecule has 1 atom stereocenters. The van der Waals surface area contributed by atoms with E-state index < -0.39 is 11.9 Å². The van der Waals surface area contributed by atoms with Crippen LogP contribution in [-0.4, -0.2) is 27.5 Å². The number of para-hydroxylation sites is 1. The third-order valence-electron chi connectivity index (χ3n) is 5.65. The Labute approximate surface area is 191 Å². The summed E-state index contributed by atoms with van der Waals surface area (Å²) in [5.74, 6) is 0.0247. The summed E-state index contributed by atoms with van der Waals surface area (Å²) in [4.78, 5) is 32.8. The van der Waals surface area contributed by atoms with Crippen LogP contribution >= 0.6 is 0 Å². The zero-order chi connectivity index (χ0) is 23.4. The van der Waals surface area contributed by atoms with Crippen molar-refractivity contribution < 1.29 is 9.18 Å². The number of hydrogen-bond donors (Lipinski definition) is 1. The number of carbonyl (C=O) groups is 1. The molecule has 1 aromatic heterocycles. The first-order valence-corrected chi connectivity index (χ1v) is 10.8. The molecule has 3 aromatic carbocycles. The minimum Gasteiger partial charge on any atom is -0.334 e. The number of urea groups is 1. The molecule has 4 rings (SSSR count). The van der Waals surface area contributed by atoms with E-state index >= 15 is 0 Å². The standard InChI is InChI=1S/C26H25FN4O2/c1-3-23(30(2)26(33)28-17-18-9-5-4-6-10-18)24-29-22-12-8-7-11-21(22)25(32)31(24)20-15-13-19(27)14-16-20/h4-16,23H,3,17H2,1-2H3,(H,28,33). The van der Waals surface area contributed by atoms with Gasteiger partial charge in [0.1, 0.15) is 11.6 Å². The van der Waals surface area contributed by atoms with Gasteiger partial charge in [-0.05, 0) is 48.4 Å². The molecule has 0 spiro atoms. The Balaban J connectivity index is 1.75. The van der Waals surface area contributed by atoms with E-state index in [2.05, 4.69) is 5.32 Å². The molecule has 1 N–H and O–H groups in total. The number of rotatable bonds is 6. The van der Waals surface area contributed by atoms with E-state index in [-0.39, 0.29) is 11.6 Å². The van der Waals surface area contributed by atoms with Gasteiger partial charge in [-0.1, -0.05) is 49.4 Å². The molecule has 0 saturated carbocycles. The molecule has 168 valence electrons. The van der Waals surface area contributed by atoms with Gasteiger partial charge in [-0.2, -0.15) is 0 Å². The molecule has 0 aliphatic rings. The van der Waals surface area contributed by atoms with Crippen molar-refractivity contribution in [1.82, 2.24) is 19.8 Å². The highest BCUT2D eigenvalue weighted by molar-refractivity contribution is 5.78. The van der Waals surface area contributed by atoms with Crippen LogP contribution in [0, 0.1) is 5.82 Å². The Morgan fingerprint density at radius 3 is 2.39 bits per heavy atom. The molecule has 0 bridgehead atoms. The van der Waals surface area contributed by atoms with Crippen LogP contribution < -0.4 is 10.9 Å².